The van der Waals surface area contributed by atoms with Gasteiger partial charge in [-0.05, 0) is 36.2 Å². The molecule has 2 aromatic heterocycles. The lowest BCUT2D eigenvalue weighted by Crippen LogP contribution is -2.28. The van der Waals surface area contributed by atoms with E-state index < -0.39 is 0 Å². The van der Waals surface area contributed by atoms with Gasteiger partial charge in [0, 0.05) is 5.38 Å². The van der Waals surface area contributed by atoms with Crippen LogP contribution < -0.4 is 5.32 Å². The molecule has 4 rings (SSSR count). The van der Waals surface area contributed by atoms with Crippen LogP contribution in [0.1, 0.15) is 35.1 Å². The molecule has 1 unspecified atom stereocenters. The highest BCUT2D eigenvalue weighted by Gasteiger charge is 2.14. The van der Waals surface area contributed by atoms with E-state index in [4.69, 9.17) is 4.42 Å². The van der Waals surface area contributed by atoms with Crippen LogP contribution in [0.25, 0.3) is 10.8 Å². The van der Waals surface area contributed by atoms with Crippen molar-refractivity contribution < 1.29 is 9.21 Å². The van der Waals surface area contributed by atoms with Crippen LogP contribution in [0.2, 0.25) is 0 Å². The summed E-state index contributed by atoms with van der Waals surface area (Å²) in [6, 6.07) is 14.3. The Morgan fingerprint density at radius 1 is 1.21 bits per heavy atom. The number of hydrogen-bond acceptors (Lipinski definition) is 7. The average molecular weight is 425 g/mol. The summed E-state index contributed by atoms with van der Waals surface area (Å²) in [7, 11) is 0. The fourth-order valence-electron chi connectivity index (χ4n) is 2.98. The molecule has 0 aliphatic carbocycles. The second-order valence-corrected chi connectivity index (χ2v) is 8.67. The molecule has 0 aliphatic rings. The number of thiazole rings is 1. The van der Waals surface area contributed by atoms with E-state index in [1.165, 1.54) is 17.1 Å². The van der Waals surface area contributed by atoms with Gasteiger partial charge in [0.15, 0.2) is 0 Å². The van der Waals surface area contributed by atoms with E-state index in [1.807, 2.05) is 37.4 Å². The van der Waals surface area contributed by atoms with Crippen molar-refractivity contribution >= 4 is 39.8 Å². The van der Waals surface area contributed by atoms with Gasteiger partial charge >= 0.3 is 0 Å². The lowest BCUT2D eigenvalue weighted by Gasteiger charge is -2.14. The van der Waals surface area contributed by atoms with Gasteiger partial charge in [0.05, 0.1) is 28.9 Å². The Bertz CT molecular complexity index is 1140. The monoisotopic (exact) mass is 424 g/mol. The highest BCUT2D eigenvalue weighted by molar-refractivity contribution is 7.99. The highest BCUT2D eigenvalue weighted by atomic mass is 32.2. The molecule has 2 heterocycles. The van der Waals surface area contributed by atoms with Crippen molar-refractivity contribution in [3.63, 3.8) is 0 Å². The number of nitrogens with zero attached hydrogens (tertiary/aromatic N) is 3. The Labute approximate surface area is 176 Å². The van der Waals surface area contributed by atoms with Crippen molar-refractivity contribution in [1.82, 2.24) is 20.5 Å². The predicted octanol–water partition coefficient (Wildman–Crippen LogP) is 4.55. The van der Waals surface area contributed by atoms with Crippen LogP contribution in [-0.4, -0.2) is 26.8 Å². The molecule has 1 amide bonds. The summed E-state index contributed by atoms with van der Waals surface area (Å²) in [6.45, 7) is 3.94. The third-order valence-corrected chi connectivity index (χ3v) is 6.07. The summed E-state index contributed by atoms with van der Waals surface area (Å²) in [5, 5.41) is 16.8. The molecule has 0 radical (unpaired) electrons. The van der Waals surface area contributed by atoms with Gasteiger partial charge in [-0.1, -0.05) is 48.2 Å². The van der Waals surface area contributed by atoms with Crippen molar-refractivity contribution in [2.24, 2.45) is 0 Å². The molecule has 0 aliphatic heterocycles. The quantitative estimate of drug-likeness (QED) is 0.439. The van der Waals surface area contributed by atoms with E-state index in [1.54, 1.807) is 11.3 Å². The van der Waals surface area contributed by atoms with Crippen LogP contribution >= 0.6 is 23.1 Å². The molecule has 8 heteroatoms. The molecule has 0 fully saturated rings. The van der Waals surface area contributed by atoms with Crippen molar-refractivity contribution in [3.8, 4) is 0 Å². The van der Waals surface area contributed by atoms with Crippen molar-refractivity contribution in [3.05, 3.63) is 70.0 Å². The van der Waals surface area contributed by atoms with Gasteiger partial charge < -0.3 is 9.73 Å². The van der Waals surface area contributed by atoms with Crippen LogP contribution in [0.4, 0.5) is 0 Å². The van der Waals surface area contributed by atoms with Crippen molar-refractivity contribution in [2.45, 2.75) is 31.5 Å². The number of carbonyl (C=O) groups is 1. The molecule has 0 spiro atoms. The minimum Gasteiger partial charge on any atom is -0.416 e. The molecule has 1 N–H and O–H groups in total. The number of fused-ring (bicyclic) bond motifs is 1. The minimum absolute atomic E-state index is 0.0782. The van der Waals surface area contributed by atoms with Crippen LogP contribution in [0, 0.1) is 6.92 Å². The normalized spacial score (nSPS) is 12.2. The van der Waals surface area contributed by atoms with Crippen LogP contribution in [0.15, 0.2) is 57.5 Å². The van der Waals surface area contributed by atoms with Gasteiger partial charge in [-0.3, -0.25) is 4.79 Å². The number of thioether (sulfide) groups is 1. The zero-order chi connectivity index (χ0) is 20.2. The molecular weight excluding hydrogens is 404 g/mol. The molecule has 6 nitrogen and oxygen atoms in total. The fraction of sp³-hybridized carbons (Fsp3) is 0.238. The third kappa shape index (κ3) is 5.02. The zero-order valence-electron chi connectivity index (χ0n) is 16.1. The maximum absolute atomic E-state index is 12.3. The lowest BCUT2D eigenvalue weighted by molar-refractivity contribution is -0.119. The average Bonchev–Trinajstić information content (AvgIpc) is 3.34. The molecule has 0 bridgehead atoms. The summed E-state index contributed by atoms with van der Waals surface area (Å²) in [5.74, 6) is 0.642. The molecular formula is C21H20N4O2S2. The summed E-state index contributed by atoms with van der Waals surface area (Å²) >= 11 is 2.82. The first-order valence-electron chi connectivity index (χ1n) is 9.21. The number of benzene rings is 2. The van der Waals surface area contributed by atoms with Gasteiger partial charge in [0.2, 0.25) is 11.8 Å². The first kappa shape index (κ1) is 19.6. The smallest absolute Gasteiger partial charge is 0.277 e. The summed E-state index contributed by atoms with van der Waals surface area (Å²) in [6.07, 6.45) is 0.503. The summed E-state index contributed by atoms with van der Waals surface area (Å²) in [4.78, 5) is 16.7. The number of carbonyl (C=O) groups excluding carboxylic acids is 1. The van der Waals surface area contributed by atoms with E-state index in [0.717, 1.165) is 21.7 Å². The largest absolute Gasteiger partial charge is 0.416 e. The number of hydrogen-bond donors (Lipinski definition) is 1. The molecule has 1 atom stereocenters. The van der Waals surface area contributed by atoms with E-state index >= 15 is 0 Å². The van der Waals surface area contributed by atoms with Crippen LogP contribution in [0.5, 0.6) is 0 Å². The third-order valence-electron chi connectivity index (χ3n) is 4.42. The van der Waals surface area contributed by atoms with Gasteiger partial charge in [-0.25, -0.2) is 4.98 Å². The number of aryl methyl sites for hydroxylation is 1. The van der Waals surface area contributed by atoms with Crippen LogP contribution in [0.3, 0.4) is 0 Å². The Morgan fingerprint density at radius 2 is 2.03 bits per heavy atom. The second kappa shape index (κ2) is 8.75. The standard InChI is InChI=1S/C21H20N4O2S2/c1-13(16-8-7-15-5-3-4-6-17(15)9-16)22-19(26)12-29-21-25-24-20(27-21)10-18-11-28-14(2)23-18/h3-9,11,13H,10,12H2,1-2H3,(H,22,26). The maximum atomic E-state index is 12.3. The molecule has 148 valence electrons. The highest BCUT2D eigenvalue weighted by Crippen LogP contribution is 2.21. The first-order valence-corrected chi connectivity index (χ1v) is 11.1. The van der Waals surface area contributed by atoms with Gasteiger partial charge in [0.1, 0.15) is 0 Å². The molecule has 2 aromatic carbocycles. The first-order chi connectivity index (χ1) is 14.1. The van der Waals surface area contributed by atoms with E-state index in [2.05, 4.69) is 44.8 Å². The van der Waals surface area contributed by atoms with Crippen molar-refractivity contribution in [2.75, 3.05) is 5.75 Å². The number of aromatic nitrogens is 3. The Hall–Kier alpha value is -2.71. The fourth-order valence-corrected chi connectivity index (χ4v) is 4.19. The lowest BCUT2D eigenvalue weighted by atomic mass is 10.0. The van der Waals surface area contributed by atoms with Gasteiger partial charge in [-0.15, -0.1) is 21.5 Å². The molecule has 0 saturated carbocycles. The SMILES string of the molecule is Cc1nc(Cc2nnc(SCC(=O)NC(C)c3ccc4ccccc4c3)o2)cs1. The number of amides is 1. The molecule has 0 saturated heterocycles. The molecule has 4 aromatic rings. The molecule has 29 heavy (non-hydrogen) atoms. The number of rotatable bonds is 7. The zero-order valence-corrected chi connectivity index (χ0v) is 17.7. The van der Waals surface area contributed by atoms with Gasteiger partial charge in [-0.2, -0.15) is 0 Å². The predicted molar refractivity (Wildman–Crippen MR) is 115 cm³/mol. The topological polar surface area (TPSA) is 80.9 Å². The maximum Gasteiger partial charge on any atom is 0.277 e. The van der Waals surface area contributed by atoms with Gasteiger partial charge in [0.25, 0.3) is 5.22 Å². The Morgan fingerprint density at radius 3 is 2.83 bits per heavy atom. The second-order valence-electron chi connectivity index (χ2n) is 6.68. The van der Waals surface area contributed by atoms with Crippen molar-refractivity contribution in [1.29, 1.82) is 0 Å². The van der Waals surface area contributed by atoms with E-state index in [0.29, 0.717) is 17.5 Å². The number of nitrogens with one attached hydrogen (secondary N) is 1. The van der Waals surface area contributed by atoms with E-state index in [-0.39, 0.29) is 17.7 Å². The van der Waals surface area contributed by atoms with E-state index in [9.17, 15) is 4.79 Å². The minimum atomic E-state index is -0.0844. The Kier molecular flexibility index (Phi) is 5.92. The Balaban J connectivity index is 1.30. The van der Waals surface area contributed by atoms with Crippen LogP contribution in [-0.2, 0) is 11.2 Å². The summed E-state index contributed by atoms with van der Waals surface area (Å²) in [5.41, 5.74) is 1.98. The summed E-state index contributed by atoms with van der Waals surface area (Å²) < 4.78 is 5.61.